The number of benzene rings is 1. The molecule has 4 heteroatoms. The van der Waals surface area contributed by atoms with Crippen molar-refractivity contribution in [2.24, 2.45) is 0 Å². The normalized spacial score (nSPS) is 9.50. The van der Waals surface area contributed by atoms with Crippen LogP contribution in [0.3, 0.4) is 0 Å². The third-order valence-electron chi connectivity index (χ3n) is 1.41. The van der Waals surface area contributed by atoms with Gasteiger partial charge >= 0.3 is 5.97 Å². The second-order valence-electron chi connectivity index (χ2n) is 2.13. The summed E-state index contributed by atoms with van der Waals surface area (Å²) < 4.78 is 4.84. The Morgan fingerprint density at radius 1 is 1.58 bits per heavy atom. The number of ether oxygens (including phenoxy) is 1. The zero-order chi connectivity index (χ0) is 9.14. The van der Waals surface area contributed by atoms with Crippen LogP contribution in [0.5, 0.6) is 5.75 Å². The van der Waals surface area contributed by atoms with E-state index in [2.05, 4.69) is 0 Å². The van der Waals surface area contributed by atoms with E-state index >= 15 is 0 Å². The molecule has 1 aromatic rings. The predicted molar refractivity (Wildman–Crippen MR) is 45.0 cm³/mol. The van der Waals surface area contributed by atoms with Gasteiger partial charge in [0.05, 0.1) is 17.7 Å². The highest BCUT2D eigenvalue weighted by Gasteiger charge is 2.11. The van der Waals surface area contributed by atoms with Crippen LogP contribution in [0.15, 0.2) is 18.2 Å². The average molecular weight is 187 g/mol. The molecule has 0 bridgehead atoms. The van der Waals surface area contributed by atoms with E-state index in [0.717, 1.165) is 0 Å². The second-order valence-corrected chi connectivity index (χ2v) is 2.50. The van der Waals surface area contributed by atoms with Gasteiger partial charge in [0.2, 0.25) is 0 Å². The van der Waals surface area contributed by atoms with E-state index in [1.54, 1.807) is 12.1 Å². The number of carboxylic acids is 1. The summed E-state index contributed by atoms with van der Waals surface area (Å²) in [6.07, 6.45) is 0. The van der Waals surface area contributed by atoms with Crippen LogP contribution in [0.25, 0.3) is 0 Å². The van der Waals surface area contributed by atoms with Gasteiger partial charge in [-0.25, -0.2) is 4.79 Å². The molecule has 1 N–H and O–H groups in total. The summed E-state index contributed by atoms with van der Waals surface area (Å²) in [5.74, 6) is -0.685. The average Bonchev–Trinajstić information content (AvgIpc) is 2.04. The summed E-state index contributed by atoms with van der Waals surface area (Å²) >= 11 is 5.70. The maximum atomic E-state index is 10.5. The van der Waals surface area contributed by atoms with Crippen molar-refractivity contribution in [3.05, 3.63) is 28.8 Å². The summed E-state index contributed by atoms with van der Waals surface area (Å²) in [6, 6.07) is 4.61. The number of methoxy groups -OCH3 is 1. The number of carboxylic acid groups (broad SMARTS) is 1. The van der Waals surface area contributed by atoms with Gasteiger partial charge in [0, 0.05) is 0 Å². The third-order valence-corrected chi connectivity index (χ3v) is 1.80. The fourth-order valence-electron chi connectivity index (χ4n) is 0.834. The number of rotatable bonds is 2. The molecule has 12 heavy (non-hydrogen) atoms. The second kappa shape index (κ2) is 3.45. The third kappa shape index (κ3) is 1.51. The van der Waals surface area contributed by atoms with Crippen molar-refractivity contribution in [3.63, 3.8) is 0 Å². The fourth-order valence-corrected chi connectivity index (χ4v) is 1.12. The molecule has 0 amide bonds. The van der Waals surface area contributed by atoms with Crippen molar-refractivity contribution in [1.29, 1.82) is 0 Å². The number of aromatic carboxylic acids is 1. The topological polar surface area (TPSA) is 46.5 Å². The van der Waals surface area contributed by atoms with Gasteiger partial charge in [-0.05, 0) is 12.1 Å². The van der Waals surface area contributed by atoms with Crippen molar-refractivity contribution >= 4 is 17.6 Å². The largest absolute Gasteiger partial charge is 0.495 e. The minimum absolute atomic E-state index is 0.0519. The van der Waals surface area contributed by atoms with Crippen molar-refractivity contribution in [3.8, 4) is 5.75 Å². The molecule has 3 nitrogen and oxygen atoms in total. The highest BCUT2D eigenvalue weighted by Crippen LogP contribution is 2.27. The molecule has 0 aliphatic heterocycles. The lowest BCUT2D eigenvalue weighted by Gasteiger charge is -2.03. The van der Waals surface area contributed by atoms with Gasteiger partial charge in [0.1, 0.15) is 5.75 Å². The first-order valence-electron chi connectivity index (χ1n) is 3.22. The van der Waals surface area contributed by atoms with Crippen molar-refractivity contribution < 1.29 is 14.6 Å². The summed E-state index contributed by atoms with van der Waals surface area (Å²) in [5.41, 5.74) is 0.0519. The maximum Gasteiger partial charge on any atom is 0.337 e. The quantitative estimate of drug-likeness (QED) is 0.769. The lowest BCUT2D eigenvalue weighted by Crippen LogP contribution is -1.98. The molecule has 0 aromatic heterocycles. The smallest absolute Gasteiger partial charge is 0.337 e. The molecule has 64 valence electrons. The van der Waals surface area contributed by atoms with E-state index in [4.69, 9.17) is 21.4 Å². The van der Waals surface area contributed by atoms with Gasteiger partial charge < -0.3 is 9.84 Å². The molecule has 1 rings (SSSR count). The Bertz CT molecular complexity index is 309. The Morgan fingerprint density at radius 3 is 2.75 bits per heavy atom. The number of carbonyl (C=O) groups is 1. The SMILES string of the molecule is COc1cccc(C(=O)O)c1Cl. The summed E-state index contributed by atoms with van der Waals surface area (Å²) in [4.78, 5) is 10.5. The lowest BCUT2D eigenvalue weighted by molar-refractivity contribution is 0.0696. The lowest BCUT2D eigenvalue weighted by atomic mass is 10.2. The van der Waals surface area contributed by atoms with E-state index in [1.807, 2.05) is 0 Å². The summed E-state index contributed by atoms with van der Waals surface area (Å²) in [7, 11) is 1.44. The maximum absolute atomic E-state index is 10.5. The first-order chi connectivity index (χ1) is 5.66. The van der Waals surface area contributed by atoms with Gasteiger partial charge in [-0.15, -0.1) is 0 Å². The highest BCUT2D eigenvalue weighted by atomic mass is 35.5. The molecule has 0 fully saturated rings. The first kappa shape index (κ1) is 8.87. The first-order valence-corrected chi connectivity index (χ1v) is 3.60. The van der Waals surface area contributed by atoms with Crippen LogP contribution in [-0.4, -0.2) is 18.2 Å². The van der Waals surface area contributed by atoms with Crippen molar-refractivity contribution in [2.75, 3.05) is 7.11 Å². The van der Waals surface area contributed by atoms with E-state index in [1.165, 1.54) is 13.2 Å². The van der Waals surface area contributed by atoms with Gasteiger partial charge in [0.15, 0.2) is 0 Å². The van der Waals surface area contributed by atoms with Gasteiger partial charge in [-0.1, -0.05) is 17.7 Å². The molecule has 0 spiro atoms. The molecule has 0 aliphatic rings. The molecular formula is C8H7ClO3. The van der Waals surface area contributed by atoms with Crippen LogP contribution >= 0.6 is 11.6 Å². The van der Waals surface area contributed by atoms with Gasteiger partial charge in [0.25, 0.3) is 0 Å². The highest BCUT2D eigenvalue weighted by molar-refractivity contribution is 6.34. The Kier molecular flexibility index (Phi) is 2.55. The molecular weight excluding hydrogens is 180 g/mol. The van der Waals surface area contributed by atoms with Gasteiger partial charge in [-0.2, -0.15) is 0 Å². The molecule has 0 heterocycles. The van der Waals surface area contributed by atoms with Crippen molar-refractivity contribution in [1.82, 2.24) is 0 Å². The monoisotopic (exact) mass is 186 g/mol. The van der Waals surface area contributed by atoms with Crippen LogP contribution in [-0.2, 0) is 0 Å². The molecule has 0 aliphatic carbocycles. The predicted octanol–water partition coefficient (Wildman–Crippen LogP) is 2.05. The molecule has 0 saturated carbocycles. The Balaban J connectivity index is 3.23. The Morgan fingerprint density at radius 2 is 2.25 bits per heavy atom. The number of halogens is 1. The molecule has 0 unspecified atom stereocenters. The standard InChI is InChI=1S/C8H7ClO3/c1-12-6-4-2-3-5(7(6)9)8(10)11/h2-4H,1H3,(H,10,11). The number of hydrogen-bond acceptors (Lipinski definition) is 2. The fraction of sp³-hybridized carbons (Fsp3) is 0.125. The van der Waals surface area contributed by atoms with E-state index < -0.39 is 5.97 Å². The molecule has 0 atom stereocenters. The van der Waals surface area contributed by atoms with E-state index in [9.17, 15) is 4.79 Å². The molecule has 0 radical (unpaired) electrons. The minimum Gasteiger partial charge on any atom is -0.495 e. The Hall–Kier alpha value is -1.22. The zero-order valence-corrected chi connectivity index (χ0v) is 7.13. The zero-order valence-electron chi connectivity index (χ0n) is 6.37. The minimum atomic E-state index is -1.06. The van der Waals surface area contributed by atoms with Crippen LogP contribution < -0.4 is 4.74 Å². The summed E-state index contributed by atoms with van der Waals surface area (Å²) in [5, 5.41) is 8.78. The molecule has 1 aromatic carbocycles. The number of hydrogen-bond donors (Lipinski definition) is 1. The van der Waals surface area contributed by atoms with Gasteiger partial charge in [-0.3, -0.25) is 0 Å². The van der Waals surface area contributed by atoms with E-state index in [-0.39, 0.29) is 10.6 Å². The van der Waals surface area contributed by atoms with Crippen molar-refractivity contribution in [2.45, 2.75) is 0 Å². The Labute approximate surface area is 74.5 Å². The summed E-state index contributed by atoms with van der Waals surface area (Å²) in [6.45, 7) is 0. The molecule has 0 saturated heterocycles. The van der Waals surface area contributed by atoms with Crippen LogP contribution in [0.2, 0.25) is 5.02 Å². The van der Waals surface area contributed by atoms with Crippen LogP contribution in [0.4, 0.5) is 0 Å². The van der Waals surface area contributed by atoms with Crippen LogP contribution in [0, 0.1) is 0 Å². The van der Waals surface area contributed by atoms with E-state index in [0.29, 0.717) is 5.75 Å². The van der Waals surface area contributed by atoms with Crippen LogP contribution in [0.1, 0.15) is 10.4 Å².